The number of carbonyl (C=O) groups excluding carboxylic acids is 1. The number of rotatable bonds is 6. The van der Waals surface area contributed by atoms with Gasteiger partial charge in [0.05, 0.1) is 11.7 Å². The molecule has 1 aromatic carbocycles. The number of nitrogens with one attached hydrogen (secondary N) is 2. The molecule has 0 radical (unpaired) electrons. The van der Waals surface area contributed by atoms with Crippen LogP contribution in [0.3, 0.4) is 0 Å². The lowest BCUT2D eigenvalue weighted by Gasteiger charge is -2.17. The first kappa shape index (κ1) is 15.5. The average molecular weight is 264 g/mol. The van der Waals surface area contributed by atoms with Crippen molar-refractivity contribution in [3.05, 3.63) is 29.8 Å². The Balaban J connectivity index is 2.71. The van der Waals surface area contributed by atoms with E-state index in [0.717, 1.165) is 5.69 Å². The van der Waals surface area contributed by atoms with Gasteiger partial charge in [0.1, 0.15) is 0 Å². The minimum Gasteiger partial charge on any atom is -0.391 e. The number of para-hydroxylation sites is 1. The van der Waals surface area contributed by atoms with Crippen LogP contribution in [-0.4, -0.2) is 29.7 Å². The largest absolute Gasteiger partial charge is 0.391 e. The normalized spacial score (nSPS) is 12.6. The predicted octanol–water partition coefficient (Wildman–Crippen LogP) is 2.25. The second-order valence-corrected chi connectivity index (χ2v) is 5.37. The lowest BCUT2D eigenvalue weighted by Crippen LogP contribution is -2.35. The van der Waals surface area contributed by atoms with Crippen molar-refractivity contribution >= 4 is 11.6 Å². The molecule has 19 heavy (non-hydrogen) atoms. The zero-order valence-electron chi connectivity index (χ0n) is 12.1. The zero-order valence-corrected chi connectivity index (χ0v) is 12.1. The molecule has 0 aliphatic heterocycles. The molecular weight excluding hydrogens is 240 g/mol. The Morgan fingerprint density at radius 2 is 1.84 bits per heavy atom. The van der Waals surface area contributed by atoms with Gasteiger partial charge < -0.3 is 15.7 Å². The fraction of sp³-hybridized carbons (Fsp3) is 0.533. The molecule has 4 nitrogen and oxygen atoms in total. The molecule has 0 aliphatic carbocycles. The molecule has 3 N–H and O–H groups in total. The SMILES string of the molecule is CC(C)Nc1ccccc1C(=O)NCC(O)C(C)C. The fourth-order valence-electron chi connectivity index (χ4n) is 1.65. The van der Waals surface area contributed by atoms with Crippen LogP contribution in [0, 0.1) is 5.92 Å². The van der Waals surface area contributed by atoms with E-state index in [1.807, 2.05) is 45.9 Å². The first-order valence-electron chi connectivity index (χ1n) is 6.73. The summed E-state index contributed by atoms with van der Waals surface area (Å²) in [5.74, 6) is -0.0345. The van der Waals surface area contributed by atoms with E-state index in [2.05, 4.69) is 10.6 Å². The van der Waals surface area contributed by atoms with Crippen molar-refractivity contribution in [3.8, 4) is 0 Å². The van der Waals surface area contributed by atoms with Crippen LogP contribution in [0.15, 0.2) is 24.3 Å². The lowest BCUT2D eigenvalue weighted by atomic mass is 10.1. The van der Waals surface area contributed by atoms with Crippen molar-refractivity contribution in [1.29, 1.82) is 0 Å². The van der Waals surface area contributed by atoms with E-state index in [9.17, 15) is 9.90 Å². The number of hydrogen-bond donors (Lipinski definition) is 3. The molecule has 1 unspecified atom stereocenters. The highest BCUT2D eigenvalue weighted by molar-refractivity contribution is 5.99. The summed E-state index contributed by atoms with van der Waals surface area (Å²) in [6.45, 7) is 8.16. The molecule has 1 aromatic rings. The smallest absolute Gasteiger partial charge is 0.253 e. The van der Waals surface area contributed by atoms with Crippen LogP contribution in [0.4, 0.5) is 5.69 Å². The maximum Gasteiger partial charge on any atom is 0.253 e. The fourth-order valence-corrected chi connectivity index (χ4v) is 1.65. The molecule has 1 amide bonds. The first-order chi connectivity index (χ1) is 8.91. The lowest BCUT2D eigenvalue weighted by molar-refractivity contribution is 0.0872. The Morgan fingerprint density at radius 3 is 2.42 bits per heavy atom. The van der Waals surface area contributed by atoms with Gasteiger partial charge in [0.25, 0.3) is 5.91 Å². The molecular formula is C15H24N2O2. The van der Waals surface area contributed by atoms with Gasteiger partial charge in [0.15, 0.2) is 0 Å². The molecule has 1 atom stereocenters. The van der Waals surface area contributed by atoms with Crippen LogP contribution >= 0.6 is 0 Å². The number of hydrogen-bond acceptors (Lipinski definition) is 3. The van der Waals surface area contributed by atoms with Gasteiger partial charge in [-0.1, -0.05) is 26.0 Å². The van der Waals surface area contributed by atoms with Crippen LogP contribution < -0.4 is 10.6 Å². The summed E-state index contributed by atoms with van der Waals surface area (Å²) in [7, 11) is 0. The minimum absolute atomic E-state index is 0.129. The monoisotopic (exact) mass is 264 g/mol. The Morgan fingerprint density at radius 1 is 1.21 bits per heavy atom. The number of anilines is 1. The topological polar surface area (TPSA) is 61.4 Å². The second-order valence-electron chi connectivity index (χ2n) is 5.37. The van der Waals surface area contributed by atoms with Crippen molar-refractivity contribution < 1.29 is 9.90 Å². The molecule has 0 aliphatic rings. The number of aliphatic hydroxyl groups excluding tert-OH is 1. The summed E-state index contributed by atoms with van der Waals surface area (Å²) in [5.41, 5.74) is 1.42. The minimum atomic E-state index is -0.519. The standard InChI is InChI=1S/C15H24N2O2/c1-10(2)14(18)9-16-15(19)12-7-5-6-8-13(12)17-11(3)4/h5-8,10-11,14,17-18H,9H2,1-4H3,(H,16,19). The molecule has 0 saturated carbocycles. The third-order valence-corrected chi connectivity index (χ3v) is 2.86. The van der Waals surface area contributed by atoms with Crippen LogP contribution in [-0.2, 0) is 0 Å². The summed E-state index contributed by atoms with van der Waals surface area (Å²) in [5, 5.41) is 15.7. The van der Waals surface area contributed by atoms with Gasteiger partial charge in [-0.25, -0.2) is 0 Å². The van der Waals surface area contributed by atoms with Gasteiger partial charge in [-0.15, -0.1) is 0 Å². The summed E-state index contributed by atoms with van der Waals surface area (Å²) in [4.78, 5) is 12.1. The quantitative estimate of drug-likeness (QED) is 0.738. The van der Waals surface area contributed by atoms with E-state index >= 15 is 0 Å². The number of benzene rings is 1. The Hall–Kier alpha value is -1.55. The van der Waals surface area contributed by atoms with Gasteiger partial charge in [-0.3, -0.25) is 4.79 Å². The van der Waals surface area contributed by atoms with E-state index < -0.39 is 6.10 Å². The van der Waals surface area contributed by atoms with E-state index in [-0.39, 0.29) is 24.4 Å². The molecule has 0 bridgehead atoms. The average Bonchev–Trinajstić information content (AvgIpc) is 2.35. The van der Waals surface area contributed by atoms with Gasteiger partial charge >= 0.3 is 0 Å². The molecule has 0 aromatic heterocycles. The maximum atomic E-state index is 12.1. The molecule has 0 heterocycles. The van der Waals surface area contributed by atoms with Crippen molar-refractivity contribution in [2.75, 3.05) is 11.9 Å². The second kappa shape index (κ2) is 7.14. The van der Waals surface area contributed by atoms with E-state index in [4.69, 9.17) is 0 Å². The maximum absolute atomic E-state index is 12.1. The van der Waals surface area contributed by atoms with Crippen LogP contribution in [0.1, 0.15) is 38.1 Å². The summed E-state index contributed by atoms with van der Waals surface area (Å²) in [6.07, 6.45) is -0.519. The highest BCUT2D eigenvalue weighted by atomic mass is 16.3. The van der Waals surface area contributed by atoms with E-state index in [1.54, 1.807) is 6.07 Å². The van der Waals surface area contributed by atoms with Crippen molar-refractivity contribution in [2.45, 2.75) is 39.8 Å². The van der Waals surface area contributed by atoms with Gasteiger partial charge in [0.2, 0.25) is 0 Å². The summed E-state index contributed by atoms with van der Waals surface area (Å²) < 4.78 is 0. The molecule has 4 heteroatoms. The van der Waals surface area contributed by atoms with Crippen molar-refractivity contribution in [3.63, 3.8) is 0 Å². The third-order valence-electron chi connectivity index (χ3n) is 2.86. The first-order valence-corrected chi connectivity index (χ1v) is 6.73. The number of carbonyl (C=O) groups is 1. The van der Waals surface area contributed by atoms with Crippen LogP contribution in [0.25, 0.3) is 0 Å². The molecule has 0 fully saturated rings. The third kappa shape index (κ3) is 4.91. The zero-order chi connectivity index (χ0) is 14.4. The van der Waals surface area contributed by atoms with Gasteiger partial charge in [-0.2, -0.15) is 0 Å². The summed E-state index contributed by atoms with van der Waals surface area (Å²) >= 11 is 0. The Bertz CT molecular complexity index is 416. The number of amides is 1. The van der Waals surface area contributed by atoms with Crippen molar-refractivity contribution in [2.24, 2.45) is 5.92 Å². The Kier molecular flexibility index (Phi) is 5.83. The molecule has 106 valence electrons. The Labute approximate surface area is 115 Å². The van der Waals surface area contributed by atoms with Crippen molar-refractivity contribution in [1.82, 2.24) is 5.32 Å². The van der Waals surface area contributed by atoms with Gasteiger partial charge in [0, 0.05) is 18.3 Å². The highest BCUT2D eigenvalue weighted by Crippen LogP contribution is 2.16. The predicted molar refractivity (Wildman–Crippen MR) is 78.4 cm³/mol. The molecule has 1 rings (SSSR count). The van der Waals surface area contributed by atoms with E-state index in [1.165, 1.54) is 0 Å². The highest BCUT2D eigenvalue weighted by Gasteiger charge is 2.14. The van der Waals surface area contributed by atoms with Gasteiger partial charge in [-0.05, 0) is 31.9 Å². The molecule has 0 saturated heterocycles. The number of aliphatic hydroxyl groups is 1. The van der Waals surface area contributed by atoms with Crippen LogP contribution in [0.2, 0.25) is 0 Å². The molecule has 0 spiro atoms. The summed E-state index contributed by atoms with van der Waals surface area (Å²) in [6, 6.07) is 7.65. The van der Waals surface area contributed by atoms with E-state index in [0.29, 0.717) is 5.56 Å². The van der Waals surface area contributed by atoms with Crippen LogP contribution in [0.5, 0.6) is 0 Å².